The highest BCUT2D eigenvalue weighted by atomic mass is 16.3. The van der Waals surface area contributed by atoms with Gasteiger partial charge in [0, 0.05) is 26.2 Å². The predicted molar refractivity (Wildman–Crippen MR) is 59.4 cm³/mol. The zero-order valence-electron chi connectivity index (χ0n) is 9.75. The number of nitrogens with one attached hydrogen (secondary N) is 1. The van der Waals surface area contributed by atoms with E-state index in [1.165, 1.54) is 0 Å². The molecular formula is C11H23NO3. The highest BCUT2D eigenvalue weighted by Crippen LogP contribution is 2.17. The maximum absolute atomic E-state index is 11.3. The van der Waals surface area contributed by atoms with Crippen molar-refractivity contribution in [1.82, 2.24) is 5.32 Å². The number of rotatable bonds is 8. The van der Waals surface area contributed by atoms with Crippen LogP contribution in [0.15, 0.2) is 0 Å². The molecule has 0 unspecified atom stereocenters. The molecule has 15 heavy (non-hydrogen) atoms. The van der Waals surface area contributed by atoms with Gasteiger partial charge in [0.05, 0.1) is 0 Å². The number of carbonyl (C=O) groups is 1. The van der Waals surface area contributed by atoms with Crippen LogP contribution in [0.4, 0.5) is 0 Å². The quantitative estimate of drug-likeness (QED) is 0.523. The van der Waals surface area contributed by atoms with Crippen LogP contribution in [0.25, 0.3) is 0 Å². The summed E-state index contributed by atoms with van der Waals surface area (Å²) in [6, 6.07) is 0. The van der Waals surface area contributed by atoms with Gasteiger partial charge in [-0.15, -0.1) is 0 Å². The molecular weight excluding hydrogens is 194 g/mol. The van der Waals surface area contributed by atoms with Gasteiger partial charge in [-0.05, 0) is 24.7 Å². The van der Waals surface area contributed by atoms with E-state index < -0.39 is 0 Å². The standard InChI is InChI=1S/C11H23NO3/c1-11(2,6-8-14)9-12-10(15)5-3-4-7-13/h13-14H,3-9H2,1-2H3,(H,12,15). The Balaban J connectivity index is 3.60. The predicted octanol–water partition coefficient (Wildman–Crippen LogP) is 0.674. The molecule has 0 saturated carbocycles. The zero-order chi connectivity index (χ0) is 11.7. The SMILES string of the molecule is CC(C)(CCO)CNC(=O)CCCCO. The Labute approximate surface area is 91.7 Å². The molecule has 4 nitrogen and oxygen atoms in total. The monoisotopic (exact) mass is 217 g/mol. The smallest absolute Gasteiger partial charge is 0.220 e. The molecule has 1 amide bonds. The summed E-state index contributed by atoms with van der Waals surface area (Å²) in [5.74, 6) is 0.0227. The second-order valence-corrected chi connectivity index (χ2v) is 4.60. The van der Waals surface area contributed by atoms with Crippen LogP contribution in [0, 0.1) is 5.41 Å². The van der Waals surface area contributed by atoms with E-state index in [0.29, 0.717) is 25.8 Å². The lowest BCUT2D eigenvalue weighted by Crippen LogP contribution is -2.34. The van der Waals surface area contributed by atoms with Crippen molar-refractivity contribution in [3.63, 3.8) is 0 Å². The topological polar surface area (TPSA) is 69.6 Å². The number of hydrogen-bond acceptors (Lipinski definition) is 3. The minimum Gasteiger partial charge on any atom is -0.396 e. The van der Waals surface area contributed by atoms with E-state index in [1.54, 1.807) is 0 Å². The van der Waals surface area contributed by atoms with E-state index in [2.05, 4.69) is 5.32 Å². The molecule has 0 saturated heterocycles. The molecule has 0 aliphatic carbocycles. The van der Waals surface area contributed by atoms with Crippen molar-refractivity contribution in [3.8, 4) is 0 Å². The summed E-state index contributed by atoms with van der Waals surface area (Å²) >= 11 is 0. The van der Waals surface area contributed by atoms with E-state index in [4.69, 9.17) is 10.2 Å². The van der Waals surface area contributed by atoms with Crippen LogP contribution >= 0.6 is 0 Å². The van der Waals surface area contributed by atoms with Crippen LogP contribution < -0.4 is 5.32 Å². The number of amides is 1. The van der Waals surface area contributed by atoms with Gasteiger partial charge in [0.25, 0.3) is 0 Å². The Morgan fingerprint density at radius 2 is 1.87 bits per heavy atom. The summed E-state index contributed by atoms with van der Waals surface area (Å²) in [4.78, 5) is 11.3. The van der Waals surface area contributed by atoms with Crippen molar-refractivity contribution in [3.05, 3.63) is 0 Å². The summed E-state index contributed by atoms with van der Waals surface area (Å²) in [6.07, 6.45) is 2.55. The molecule has 4 heteroatoms. The third-order valence-corrected chi connectivity index (χ3v) is 2.36. The Morgan fingerprint density at radius 3 is 2.40 bits per heavy atom. The van der Waals surface area contributed by atoms with E-state index in [0.717, 1.165) is 6.42 Å². The second kappa shape index (κ2) is 7.65. The first-order chi connectivity index (χ1) is 7.02. The van der Waals surface area contributed by atoms with Crippen LogP contribution in [0.5, 0.6) is 0 Å². The summed E-state index contributed by atoms with van der Waals surface area (Å²) in [6.45, 7) is 4.90. The lowest BCUT2D eigenvalue weighted by molar-refractivity contribution is -0.121. The summed E-state index contributed by atoms with van der Waals surface area (Å²) in [5.41, 5.74) is -0.0542. The average Bonchev–Trinajstić information content (AvgIpc) is 2.15. The Hall–Kier alpha value is -0.610. The maximum atomic E-state index is 11.3. The number of aliphatic hydroxyl groups excluding tert-OH is 2. The molecule has 0 aliphatic rings. The first kappa shape index (κ1) is 14.4. The summed E-state index contributed by atoms with van der Waals surface area (Å²) in [5, 5.41) is 20.2. The Bertz CT molecular complexity index is 181. The first-order valence-corrected chi connectivity index (χ1v) is 5.50. The van der Waals surface area contributed by atoms with Crippen LogP contribution in [-0.4, -0.2) is 35.9 Å². The lowest BCUT2D eigenvalue weighted by atomic mass is 9.90. The Morgan fingerprint density at radius 1 is 1.20 bits per heavy atom. The fraction of sp³-hybridized carbons (Fsp3) is 0.909. The first-order valence-electron chi connectivity index (χ1n) is 5.50. The van der Waals surface area contributed by atoms with Crippen LogP contribution in [0.3, 0.4) is 0 Å². The molecule has 0 heterocycles. The van der Waals surface area contributed by atoms with Crippen molar-refractivity contribution in [2.24, 2.45) is 5.41 Å². The number of hydrogen-bond donors (Lipinski definition) is 3. The van der Waals surface area contributed by atoms with Gasteiger partial charge in [-0.2, -0.15) is 0 Å². The van der Waals surface area contributed by atoms with E-state index in [-0.39, 0.29) is 24.5 Å². The van der Waals surface area contributed by atoms with Gasteiger partial charge in [-0.1, -0.05) is 13.8 Å². The zero-order valence-corrected chi connectivity index (χ0v) is 9.75. The molecule has 0 fully saturated rings. The highest BCUT2D eigenvalue weighted by molar-refractivity contribution is 5.75. The normalized spacial score (nSPS) is 11.5. The van der Waals surface area contributed by atoms with Crippen molar-refractivity contribution in [2.45, 2.75) is 39.5 Å². The molecule has 0 spiro atoms. The van der Waals surface area contributed by atoms with E-state index >= 15 is 0 Å². The minimum atomic E-state index is -0.0542. The average molecular weight is 217 g/mol. The van der Waals surface area contributed by atoms with E-state index in [9.17, 15) is 4.79 Å². The largest absolute Gasteiger partial charge is 0.396 e. The lowest BCUT2D eigenvalue weighted by Gasteiger charge is -2.23. The molecule has 0 atom stereocenters. The molecule has 0 radical (unpaired) electrons. The van der Waals surface area contributed by atoms with Gasteiger partial charge in [-0.25, -0.2) is 0 Å². The molecule has 0 aliphatic heterocycles. The summed E-state index contributed by atoms with van der Waals surface area (Å²) in [7, 11) is 0. The fourth-order valence-electron chi connectivity index (χ4n) is 1.21. The van der Waals surface area contributed by atoms with Crippen molar-refractivity contribution in [2.75, 3.05) is 19.8 Å². The highest BCUT2D eigenvalue weighted by Gasteiger charge is 2.17. The van der Waals surface area contributed by atoms with Crippen molar-refractivity contribution < 1.29 is 15.0 Å². The molecule has 0 aromatic rings. The van der Waals surface area contributed by atoms with Gasteiger partial charge in [0.2, 0.25) is 5.91 Å². The minimum absolute atomic E-state index is 0.0227. The molecule has 0 bridgehead atoms. The molecule has 0 rings (SSSR count). The van der Waals surface area contributed by atoms with Gasteiger partial charge in [0.15, 0.2) is 0 Å². The third-order valence-electron chi connectivity index (χ3n) is 2.36. The van der Waals surface area contributed by atoms with Crippen LogP contribution in [0.1, 0.15) is 39.5 Å². The molecule has 90 valence electrons. The number of unbranched alkanes of at least 4 members (excludes halogenated alkanes) is 1. The van der Waals surface area contributed by atoms with E-state index in [1.807, 2.05) is 13.8 Å². The molecule has 3 N–H and O–H groups in total. The number of carbonyl (C=O) groups excluding carboxylic acids is 1. The van der Waals surface area contributed by atoms with Gasteiger partial charge >= 0.3 is 0 Å². The van der Waals surface area contributed by atoms with Gasteiger partial charge in [0.1, 0.15) is 0 Å². The maximum Gasteiger partial charge on any atom is 0.220 e. The van der Waals surface area contributed by atoms with Crippen molar-refractivity contribution >= 4 is 5.91 Å². The second-order valence-electron chi connectivity index (χ2n) is 4.60. The Kier molecular flexibility index (Phi) is 7.34. The fourth-order valence-corrected chi connectivity index (χ4v) is 1.21. The molecule has 0 aromatic heterocycles. The third kappa shape index (κ3) is 8.39. The number of aliphatic hydroxyl groups is 2. The van der Waals surface area contributed by atoms with Crippen LogP contribution in [-0.2, 0) is 4.79 Å². The van der Waals surface area contributed by atoms with Crippen LogP contribution in [0.2, 0.25) is 0 Å². The van der Waals surface area contributed by atoms with Crippen molar-refractivity contribution in [1.29, 1.82) is 0 Å². The molecule has 0 aromatic carbocycles. The van der Waals surface area contributed by atoms with Gasteiger partial charge in [-0.3, -0.25) is 4.79 Å². The summed E-state index contributed by atoms with van der Waals surface area (Å²) < 4.78 is 0. The van der Waals surface area contributed by atoms with Gasteiger partial charge < -0.3 is 15.5 Å².